The van der Waals surface area contributed by atoms with Gasteiger partial charge in [0.15, 0.2) is 0 Å². The Bertz CT molecular complexity index is 1100. The molecule has 0 saturated heterocycles. The van der Waals surface area contributed by atoms with Gasteiger partial charge in [0.05, 0.1) is 5.51 Å². The minimum atomic E-state index is -1.12. The molecule has 1 atom stereocenters. The molecule has 3 aromatic rings. The van der Waals surface area contributed by atoms with Crippen molar-refractivity contribution < 1.29 is 24.2 Å². The molecule has 8 nitrogen and oxygen atoms in total. The van der Waals surface area contributed by atoms with Crippen LogP contribution in [0.25, 0.3) is 11.1 Å². The fraction of sp³-hybridized carbons (Fsp3) is 0.250. The molecule has 0 saturated carbocycles. The Morgan fingerprint density at radius 3 is 2.33 bits per heavy atom. The van der Waals surface area contributed by atoms with Crippen LogP contribution < -0.4 is 10.6 Å². The zero-order chi connectivity index (χ0) is 23.2. The number of hydrogen-bond donors (Lipinski definition) is 3. The van der Waals surface area contributed by atoms with Gasteiger partial charge in [0.2, 0.25) is 5.91 Å². The Morgan fingerprint density at radius 2 is 1.73 bits per heavy atom. The minimum absolute atomic E-state index is 0.0371. The summed E-state index contributed by atoms with van der Waals surface area (Å²) < 4.78 is 5.43. The van der Waals surface area contributed by atoms with Crippen LogP contribution in [0.3, 0.4) is 0 Å². The predicted octanol–water partition coefficient (Wildman–Crippen LogP) is 3.18. The highest BCUT2D eigenvalue weighted by molar-refractivity contribution is 7.09. The van der Waals surface area contributed by atoms with E-state index in [9.17, 15) is 19.5 Å². The number of benzene rings is 2. The molecule has 1 aromatic heterocycles. The standard InChI is InChI=1S/C24H23N3O5S/c28-22(27-21(23(29)30)11-15-12-25-14-33-15)9-10-26-24(31)32-13-20-18-7-3-1-5-16(18)17-6-2-4-8-19(17)20/h1-8,12,14,20-21H,9-11,13H2,(H,26,31)(H,27,28)(H,29,30). The van der Waals surface area contributed by atoms with Crippen molar-refractivity contribution in [3.05, 3.63) is 76.2 Å². The van der Waals surface area contributed by atoms with Crippen LogP contribution in [0.5, 0.6) is 0 Å². The molecule has 3 N–H and O–H groups in total. The molecule has 0 bridgehead atoms. The Hall–Kier alpha value is -3.72. The van der Waals surface area contributed by atoms with Crippen LogP contribution in [-0.4, -0.2) is 47.3 Å². The molecule has 1 aliphatic carbocycles. The van der Waals surface area contributed by atoms with Crippen LogP contribution in [0, 0.1) is 0 Å². The van der Waals surface area contributed by atoms with E-state index in [1.165, 1.54) is 11.3 Å². The fourth-order valence-electron chi connectivity index (χ4n) is 3.94. The first-order valence-electron chi connectivity index (χ1n) is 10.5. The van der Waals surface area contributed by atoms with Gasteiger partial charge < -0.3 is 20.5 Å². The third-order valence-corrected chi connectivity index (χ3v) is 6.29. The Labute approximate surface area is 194 Å². The number of aliphatic carboxylic acids is 1. The molecule has 9 heteroatoms. The molecule has 1 aliphatic rings. The highest BCUT2D eigenvalue weighted by atomic mass is 32.1. The van der Waals surface area contributed by atoms with Crippen LogP contribution in [0.2, 0.25) is 0 Å². The summed E-state index contributed by atoms with van der Waals surface area (Å²) in [5.41, 5.74) is 6.13. The number of alkyl carbamates (subject to hydrolysis) is 1. The van der Waals surface area contributed by atoms with Gasteiger partial charge in [0.1, 0.15) is 12.6 Å². The topological polar surface area (TPSA) is 118 Å². The molecule has 4 rings (SSSR count). The van der Waals surface area contributed by atoms with Crippen molar-refractivity contribution in [2.75, 3.05) is 13.2 Å². The normalized spacial score (nSPS) is 13.0. The van der Waals surface area contributed by atoms with E-state index in [0.717, 1.165) is 27.1 Å². The molecular formula is C24H23N3O5S. The van der Waals surface area contributed by atoms with Crippen LogP contribution >= 0.6 is 11.3 Å². The van der Waals surface area contributed by atoms with Gasteiger partial charge in [-0.3, -0.25) is 9.78 Å². The second-order valence-corrected chi connectivity index (χ2v) is 8.60. The largest absolute Gasteiger partial charge is 0.480 e. The number of hydrogen-bond acceptors (Lipinski definition) is 6. The van der Waals surface area contributed by atoms with E-state index in [2.05, 4.69) is 27.8 Å². The monoisotopic (exact) mass is 465 g/mol. The SMILES string of the molecule is O=C(CCNC(=O)OCC1c2ccccc2-c2ccccc21)NC(Cc1cncs1)C(=O)O. The highest BCUT2D eigenvalue weighted by Crippen LogP contribution is 2.44. The van der Waals surface area contributed by atoms with Gasteiger partial charge in [-0.05, 0) is 22.3 Å². The molecule has 0 fully saturated rings. The Morgan fingerprint density at radius 1 is 1.06 bits per heavy atom. The van der Waals surface area contributed by atoms with Crippen molar-refractivity contribution in [1.29, 1.82) is 0 Å². The van der Waals surface area contributed by atoms with E-state index in [4.69, 9.17) is 4.74 Å². The number of amides is 2. The number of carbonyl (C=O) groups is 3. The maximum Gasteiger partial charge on any atom is 0.407 e. The van der Waals surface area contributed by atoms with Gasteiger partial charge in [-0.15, -0.1) is 11.3 Å². The summed E-state index contributed by atoms with van der Waals surface area (Å²) in [5, 5.41) is 14.4. The number of nitrogens with one attached hydrogen (secondary N) is 2. The third-order valence-electron chi connectivity index (χ3n) is 5.49. The van der Waals surface area contributed by atoms with Crippen molar-refractivity contribution in [2.24, 2.45) is 0 Å². The van der Waals surface area contributed by atoms with Crippen LogP contribution in [0.15, 0.2) is 60.2 Å². The van der Waals surface area contributed by atoms with Crippen molar-refractivity contribution in [3.8, 4) is 11.1 Å². The number of rotatable bonds is 9. The number of thiazole rings is 1. The molecule has 170 valence electrons. The zero-order valence-corrected chi connectivity index (χ0v) is 18.5. The van der Waals surface area contributed by atoms with Crippen LogP contribution in [-0.2, 0) is 20.7 Å². The number of nitrogens with zero attached hydrogens (tertiary/aromatic N) is 1. The summed E-state index contributed by atoms with van der Waals surface area (Å²) in [7, 11) is 0. The van der Waals surface area contributed by atoms with E-state index in [1.54, 1.807) is 11.7 Å². The minimum Gasteiger partial charge on any atom is -0.480 e. The fourth-order valence-corrected chi connectivity index (χ4v) is 4.58. The zero-order valence-electron chi connectivity index (χ0n) is 17.7. The lowest BCUT2D eigenvalue weighted by molar-refractivity contribution is -0.141. The molecule has 2 amide bonds. The maximum atomic E-state index is 12.2. The molecule has 1 heterocycles. The summed E-state index contributed by atoms with van der Waals surface area (Å²) in [6, 6.07) is 15.1. The second-order valence-electron chi connectivity index (χ2n) is 7.63. The van der Waals surface area contributed by atoms with Gasteiger partial charge in [0, 0.05) is 36.4 Å². The third kappa shape index (κ3) is 5.38. The molecule has 1 unspecified atom stereocenters. The van der Waals surface area contributed by atoms with Crippen molar-refractivity contribution in [1.82, 2.24) is 15.6 Å². The number of carboxylic acid groups (broad SMARTS) is 1. The second kappa shape index (κ2) is 10.3. The number of ether oxygens (including phenoxy) is 1. The average molecular weight is 466 g/mol. The van der Waals surface area contributed by atoms with E-state index in [0.29, 0.717) is 0 Å². The first kappa shape index (κ1) is 22.5. The van der Waals surface area contributed by atoms with Gasteiger partial charge in [-0.25, -0.2) is 9.59 Å². The van der Waals surface area contributed by atoms with Gasteiger partial charge >= 0.3 is 12.1 Å². The highest BCUT2D eigenvalue weighted by Gasteiger charge is 2.29. The maximum absolute atomic E-state index is 12.2. The van der Waals surface area contributed by atoms with Crippen molar-refractivity contribution >= 4 is 29.3 Å². The average Bonchev–Trinajstić information content (AvgIpc) is 3.43. The summed E-state index contributed by atoms with van der Waals surface area (Å²) in [4.78, 5) is 40.4. The molecule has 0 spiro atoms. The Kier molecular flexibility index (Phi) is 6.99. The van der Waals surface area contributed by atoms with Crippen LogP contribution in [0.1, 0.15) is 28.3 Å². The first-order valence-corrected chi connectivity index (χ1v) is 11.4. The number of carboxylic acids is 1. The van der Waals surface area contributed by atoms with E-state index in [-0.39, 0.29) is 31.9 Å². The molecular weight excluding hydrogens is 442 g/mol. The van der Waals surface area contributed by atoms with Crippen molar-refractivity contribution in [3.63, 3.8) is 0 Å². The van der Waals surface area contributed by atoms with Crippen molar-refractivity contribution in [2.45, 2.75) is 24.8 Å². The molecule has 0 aliphatic heterocycles. The van der Waals surface area contributed by atoms with Gasteiger partial charge in [-0.2, -0.15) is 0 Å². The lowest BCUT2D eigenvalue weighted by Gasteiger charge is -2.15. The van der Waals surface area contributed by atoms with Gasteiger partial charge in [0.25, 0.3) is 0 Å². The number of fused-ring (bicyclic) bond motifs is 3. The van der Waals surface area contributed by atoms with E-state index in [1.807, 2.05) is 36.4 Å². The number of aromatic nitrogens is 1. The lowest BCUT2D eigenvalue weighted by atomic mass is 9.98. The summed E-state index contributed by atoms with van der Waals surface area (Å²) in [6.07, 6.45) is 1.05. The van der Waals surface area contributed by atoms with E-state index < -0.39 is 24.0 Å². The van der Waals surface area contributed by atoms with E-state index >= 15 is 0 Å². The smallest absolute Gasteiger partial charge is 0.407 e. The summed E-state index contributed by atoms with van der Waals surface area (Å²) >= 11 is 1.33. The molecule has 33 heavy (non-hydrogen) atoms. The predicted molar refractivity (Wildman–Crippen MR) is 123 cm³/mol. The van der Waals surface area contributed by atoms with Gasteiger partial charge in [-0.1, -0.05) is 48.5 Å². The summed E-state index contributed by atoms with van der Waals surface area (Å²) in [5.74, 6) is -1.64. The first-order chi connectivity index (χ1) is 16.0. The molecule has 0 radical (unpaired) electrons. The Balaban J connectivity index is 1.24. The quantitative estimate of drug-likeness (QED) is 0.447. The lowest BCUT2D eigenvalue weighted by Crippen LogP contribution is -2.43. The van der Waals surface area contributed by atoms with Crippen LogP contribution in [0.4, 0.5) is 4.79 Å². The molecule has 2 aromatic carbocycles. The summed E-state index contributed by atoms with van der Waals surface area (Å²) in [6.45, 7) is 0.220. The number of carbonyl (C=O) groups excluding carboxylic acids is 2.